The van der Waals surface area contributed by atoms with Crippen LogP contribution in [-0.2, 0) is 11.3 Å². The van der Waals surface area contributed by atoms with Gasteiger partial charge in [-0.15, -0.1) is 12.4 Å². The van der Waals surface area contributed by atoms with Gasteiger partial charge in [-0.25, -0.2) is 9.67 Å². The second kappa shape index (κ2) is 8.48. The Morgan fingerprint density at radius 3 is 2.77 bits per heavy atom. The molecule has 2 N–H and O–H groups in total. The Bertz CT molecular complexity index is 490. The number of hydrogen-bond acceptors (Lipinski definition) is 4. The van der Waals surface area contributed by atoms with Crippen LogP contribution in [0.4, 0.5) is 0 Å². The molecule has 1 aromatic rings. The van der Waals surface area contributed by atoms with E-state index in [2.05, 4.69) is 17.0 Å². The van der Waals surface area contributed by atoms with E-state index < -0.39 is 0 Å². The normalized spacial score (nSPS) is 19.6. The average molecular weight is 330 g/mol. The third kappa shape index (κ3) is 4.68. The predicted octanol–water partition coefficient (Wildman–Crippen LogP) is 1.68. The minimum absolute atomic E-state index is 0. The SMILES string of the molecule is CCCC(N)C(=O)N1CCCC(Cn2nc(C)nc2C)C1.Cl. The van der Waals surface area contributed by atoms with Crippen molar-refractivity contribution in [2.24, 2.45) is 11.7 Å². The molecular weight excluding hydrogens is 302 g/mol. The molecule has 0 spiro atoms. The number of amides is 1. The molecule has 1 saturated heterocycles. The molecule has 2 unspecified atom stereocenters. The van der Waals surface area contributed by atoms with Gasteiger partial charge in [0.1, 0.15) is 11.6 Å². The van der Waals surface area contributed by atoms with Crippen molar-refractivity contribution in [2.45, 2.75) is 59.0 Å². The molecule has 2 atom stereocenters. The molecule has 126 valence electrons. The van der Waals surface area contributed by atoms with Crippen molar-refractivity contribution < 1.29 is 4.79 Å². The summed E-state index contributed by atoms with van der Waals surface area (Å²) in [6.45, 7) is 8.39. The van der Waals surface area contributed by atoms with Crippen LogP contribution in [0.3, 0.4) is 0 Å². The number of carbonyl (C=O) groups excluding carboxylic acids is 1. The van der Waals surface area contributed by atoms with E-state index in [0.29, 0.717) is 5.92 Å². The number of hydrogen-bond donors (Lipinski definition) is 1. The molecule has 1 aliphatic heterocycles. The summed E-state index contributed by atoms with van der Waals surface area (Å²) in [7, 11) is 0. The molecule has 1 aliphatic rings. The first kappa shape index (κ1) is 18.9. The number of nitrogens with two attached hydrogens (primary N) is 1. The molecule has 0 aliphatic carbocycles. The number of likely N-dealkylation sites (tertiary alicyclic amines) is 1. The standard InChI is InChI=1S/C15H27N5O.ClH/c1-4-6-14(16)15(21)19-8-5-7-13(9-19)10-20-12(3)17-11(2)18-20;/h13-14H,4-10,16H2,1-3H3;1H. The van der Waals surface area contributed by atoms with E-state index in [0.717, 1.165) is 57.0 Å². The summed E-state index contributed by atoms with van der Waals surface area (Å²) >= 11 is 0. The van der Waals surface area contributed by atoms with Crippen molar-refractivity contribution in [1.82, 2.24) is 19.7 Å². The van der Waals surface area contributed by atoms with Crippen LogP contribution in [0.25, 0.3) is 0 Å². The maximum atomic E-state index is 12.3. The van der Waals surface area contributed by atoms with Gasteiger partial charge in [0.15, 0.2) is 0 Å². The Morgan fingerprint density at radius 2 is 2.18 bits per heavy atom. The highest BCUT2D eigenvalue weighted by molar-refractivity contribution is 5.85. The lowest BCUT2D eigenvalue weighted by atomic mass is 9.97. The average Bonchev–Trinajstić information content (AvgIpc) is 2.76. The molecule has 0 bridgehead atoms. The first-order chi connectivity index (χ1) is 10.0. The number of piperidine rings is 1. The van der Waals surface area contributed by atoms with Gasteiger partial charge in [-0.2, -0.15) is 5.10 Å². The van der Waals surface area contributed by atoms with Crippen LogP contribution in [0.2, 0.25) is 0 Å². The Kier molecular flexibility index (Phi) is 7.29. The third-order valence-corrected chi connectivity index (χ3v) is 4.14. The predicted molar refractivity (Wildman–Crippen MR) is 88.9 cm³/mol. The zero-order chi connectivity index (χ0) is 15.4. The van der Waals surface area contributed by atoms with Crippen LogP contribution in [0, 0.1) is 19.8 Å². The van der Waals surface area contributed by atoms with Crippen LogP contribution >= 0.6 is 12.4 Å². The molecule has 1 aromatic heterocycles. The van der Waals surface area contributed by atoms with Crippen molar-refractivity contribution in [1.29, 1.82) is 0 Å². The van der Waals surface area contributed by atoms with E-state index in [-0.39, 0.29) is 24.4 Å². The highest BCUT2D eigenvalue weighted by atomic mass is 35.5. The van der Waals surface area contributed by atoms with Crippen molar-refractivity contribution in [2.75, 3.05) is 13.1 Å². The van der Waals surface area contributed by atoms with Crippen LogP contribution in [-0.4, -0.2) is 44.7 Å². The van der Waals surface area contributed by atoms with Crippen molar-refractivity contribution >= 4 is 18.3 Å². The van der Waals surface area contributed by atoms with Gasteiger partial charge in [0, 0.05) is 19.6 Å². The highest BCUT2D eigenvalue weighted by Crippen LogP contribution is 2.19. The second-order valence-electron chi connectivity index (χ2n) is 6.08. The van der Waals surface area contributed by atoms with Gasteiger partial charge in [-0.1, -0.05) is 13.3 Å². The van der Waals surface area contributed by atoms with E-state index in [4.69, 9.17) is 5.73 Å². The van der Waals surface area contributed by atoms with Crippen molar-refractivity contribution in [3.8, 4) is 0 Å². The summed E-state index contributed by atoms with van der Waals surface area (Å²) < 4.78 is 1.96. The van der Waals surface area contributed by atoms with Gasteiger partial charge in [-0.05, 0) is 39.0 Å². The van der Waals surface area contributed by atoms with Crippen molar-refractivity contribution in [3.05, 3.63) is 11.6 Å². The maximum Gasteiger partial charge on any atom is 0.239 e. The lowest BCUT2D eigenvalue weighted by molar-refractivity contribution is -0.134. The van der Waals surface area contributed by atoms with Gasteiger partial charge in [-0.3, -0.25) is 4.79 Å². The van der Waals surface area contributed by atoms with Gasteiger partial charge < -0.3 is 10.6 Å². The summed E-state index contributed by atoms with van der Waals surface area (Å²) in [5, 5.41) is 4.42. The summed E-state index contributed by atoms with van der Waals surface area (Å²) in [5.41, 5.74) is 5.97. The number of aryl methyl sites for hydroxylation is 2. The van der Waals surface area contributed by atoms with Gasteiger partial charge in [0.25, 0.3) is 0 Å². The fourth-order valence-corrected chi connectivity index (χ4v) is 3.06. The Balaban J connectivity index is 0.00000242. The molecule has 7 heteroatoms. The third-order valence-electron chi connectivity index (χ3n) is 4.14. The van der Waals surface area contributed by atoms with E-state index in [9.17, 15) is 4.79 Å². The fourth-order valence-electron chi connectivity index (χ4n) is 3.06. The van der Waals surface area contributed by atoms with E-state index >= 15 is 0 Å². The van der Waals surface area contributed by atoms with Gasteiger partial charge in [0.05, 0.1) is 6.04 Å². The topological polar surface area (TPSA) is 77.0 Å². The van der Waals surface area contributed by atoms with E-state index in [1.807, 2.05) is 23.4 Å². The molecule has 0 aromatic carbocycles. The minimum Gasteiger partial charge on any atom is -0.341 e. The largest absolute Gasteiger partial charge is 0.341 e. The summed E-state index contributed by atoms with van der Waals surface area (Å²) in [4.78, 5) is 18.6. The van der Waals surface area contributed by atoms with Gasteiger partial charge in [0.2, 0.25) is 5.91 Å². The summed E-state index contributed by atoms with van der Waals surface area (Å²) in [6.07, 6.45) is 3.89. The first-order valence-corrected chi connectivity index (χ1v) is 7.93. The highest BCUT2D eigenvalue weighted by Gasteiger charge is 2.27. The quantitative estimate of drug-likeness (QED) is 0.891. The lowest BCUT2D eigenvalue weighted by Crippen LogP contribution is -2.48. The number of aromatic nitrogens is 3. The lowest BCUT2D eigenvalue weighted by Gasteiger charge is -2.34. The zero-order valence-corrected chi connectivity index (χ0v) is 14.6. The Hall–Kier alpha value is -1.14. The Morgan fingerprint density at radius 1 is 1.45 bits per heavy atom. The summed E-state index contributed by atoms with van der Waals surface area (Å²) in [6, 6.07) is -0.343. The smallest absolute Gasteiger partial charge is 0.239 e. The van der Waals surface area contributed by atoms with Gasteiger partial charge >= 0.3 is 0 Å². The zero-order valence-electron chi connectivity index (χ0n) is 13.8. The molecule has 1 fully saturated rings. The van der Waals surface area contributed by atoms with Crippen LogP contribution in [0.1, 0.15) is 44.3 Å². The molecule has 1 amide bonds. The molecule has 0 radical (unpaired) electrons. The summed E-state index contributed by atoms with van der Waals surface area (Å²) in [5.74, 6) is 2.30. The molecular formula is C15H28ClN5O. The first-order valence-electron chi connectivity index (χ1n) is 7.93. The molecule has 2 heterocycles. The number of carbonyl (C=O) groups is 1. The molecule has 22 heavy (non-hydrogen) atoms. The minimum atomic E-state index is -0.343. The number of rotatable bonds is 5. The van der Waals surface area contributed by atoms with Crippen LogP contribution in [0.15, 0.2) is 0 Å². The fraction of sp³-hybridized carbons (Fsp3) is 0.800. The monoisotopic (exact) mass is 329 g/mol. The van der Waals surface area contributed by atoms with Crippen LogP contribution < -0.4 is 5.73 Å². The van der Waals surface area contributed by atoms with E-state index in [1.54, 1.807) is 0 Å². The molecule has 0 saturated carbocycles. The molecule has 2 rings (SSSR count). The number of halogens is 1. The second-order valence-corrected chi connectivity index (χ2v) is 6.08. The van der Waals surface area contributed by atoms with Crippen LogP contribution in [0.5, 0.6) is 0 Å². The van der Waals surface area contributed by atoms with E-state index in [1.165, 1.54) is 0 Å². The maximum absolute atomic E-state index is 12.3. The number of nitrogens with zero attached hydrogens (tertiary/aromatic N) is 4. The van der Waals surface area contributed by atoms with Crippen molar-refractivity contribution in [3.63, 3.8) is 0 Å². The molecule has 6 nitrogen and oxygen atoms in total. The Labute approximate surface area is 138 Å².